The molecule has 0 saturated carbocycles. The van der Waals surface area contributed by atoms with Gasteiger partial charge in [0.15, 0.2) is 5.13 Å². The summed E-state index contributed by atoms with van der Waals surface area (Å²) in [5, 5.41) is 20.0. The molecule has 2 amide bonds. The standard InChI is InChI=1S/C27H21N5O3S2/c1-16-23(25(34)32-27-31-19-10-5-6-12-21(19)37-27)24(20-11-7-13-35-20)18(14-28)26(29-16)36-15-22(33)30-17-8-3-2-4-9-17/h2-13,24,29H,15H2,1H3,(H,30,33)(H,31,32,34)/t24-/m0/s1. The first-order chi connectivity index (χ1) is 18.0. The minimum Gasteiger partial charge on any atom is -0.468 e. The van der Waals surface area contributed by atoms with E-state index in [4.69, 9.17) is 4.42 Å². The van der Waals surface area contributed by atoms with Crippen LogP contribution >= 0.6 is 23.1 Å². The third kappa shape index (κ3) is 5.28. The van der Waals surface area contributed by atoms with Gasteiger partial charge in [0.05, 0.1) is 50.4 Å². The zero-order valence-corrected chi connectivity index (χ0v) is 21.3. The van der Waals surface area contributed by atoms with Crippen LogP contribution in [0.4, 0.5) is 10.8 Å². The van der Waals surface area contributed by atoms with Crippen molar-refractivity contribution in [3.63, 3.8) is 0 Å². The number of benzene rings is 2. The third-order valence-corrected chi connectivity index (χ3v) is 7.61. The highest BCUT2D eigenvalue weighted by atomic mass is 32.2. The number of allylic oxidation sites excluding steroid dienone is 2. The summed E-state index contributed by atoms with van der Waals surface area (Å²) in [4.78, 5) is 30.5. The number of para-hydroxylation sites is 2. The lowest BCUT2D eigenvalue weighted by Crippen LogP contribution is -2.31. The van der Waals surface area contributed by atoms with Crippen LogP contribution in [0.25, 0.3) is 10.2 Å². The quantitative estimate of drug-likeness (QED) is 0.286. The van der Waals surface area contributed by atoms with Crippen molar-refractivity contribution in [2.45, 2.75) is 12.8 Å². The SMILES string of the molecule is CC1=C(C(=O)Nc2nc3ccccc3s2)[C@H](c2ccco2)C(C#N)=C(SCC(=O)Nc2ccccc2)N1. The van der Waals surface area contributed by atoms with E-state index in [2.05, 4.69) is 27.0 Å². The fourth-order valence-corrected chi connectivity index (χ4v) is 5.77. The van der Waals surface area contributed by atoms with Crippen LogP contribution in [0.2, 0.25) is 0 Å². The predicted octanol–water partition coefficient (Wildman–Crippen LogP) is 5.60. The minimum atomic E-state index is -0.740. The summed E-state index contributed by atoms with van der Waals surface area (Å²) in [6.45, 7) is 1.77. The van der Waals surface area contributed by atoms with Gasteiger partial charge in [0.1, 0.15) is 5.76 Å². The average Bonchev–Trinajstić information content (AvgIpc) is 3.57. The highest BCUT2D eigenvalue weighted by Crippen LogP contribution is 2.41. The number of nitriles is 1. The lowest BCUT2D eigenvalue weighted by molar-refractivity contribution is -0.114. The van der Waals surface area contributed by atoms with Crippen molar-refractivity contribution >= 4 is 55.9 Å². The Balaban J connectivity index is 1.40. The van der Waals surface area contributed by atoms with Crippen molar-refractivity contribution in [1.29, 1.82) is 5.26 Å². The molecule has 3 N–H and O–H groups in total. The lowest BCUT2D eigenvalue weighted by atomic mass is 9.85. The van der Waals surface area contributed by atoms with Gasteiger partial charge in [-0.3, -0.25) is 14.9 Å². The number of carbonyl (C=O) groups excluding carboxylic acids is 2. The van der Waals surface area contributed by atoms with Gasteiger partial charge in [-0.1, -0.05) is 53.4 Å². The first-order valence-corrected chi connectivity index (χ1v) is 13.1. The molecule has 1 aliphatic rings. The van der Waals surface area contributed by atoms with Gasteiger partial charge in [-0.25, -0.2) is 4.98 Å². The predicted molar refractivity (Wildman–Crippen MR) is 146 cm³/mol. The number of nitrogens with one attached hydrogen (secondary N) is 3. The van der Waals surface area contributed by atoms with Crippen LogP contribution in [0.3, 0.4) is 0 Å². The molecule has 0 aliphatic carbocycles. The molecule has 0 saturated heterocycles. The third-order valence-electron chi connectivity index (χ3n) is 5.64. The molecule has 0 fully saturated rings. The number of hydrogen-bond acceptors (Lipinski definition) is 8. The number of hydrogen-bond donors (Lipinski definition) is 3. The Morgan fingerprint density at radius 3 is 2.62 bits per heavy atom. The largest absolute Gasteiger partial charge is 0.468 e. The zero-order valence-electron chi connectivity index (χ0n) is 19.6. The second-order valence-electron chi connectivity index (χ2n) is 8.11. The molecule has 1 aliphatic heterocycles. The van der Waals surface area contributed by atoms with Crippen LogP contribution in [0.1, 0.15) is 18.6 Å². The fourth-order valence-electron chi connectivity index (χ4n) is 4.01. The zero-order chi connectivity index (χ0) is 25.8. The van der Waals surface area contributed by atoms with E-state index < -0.39 is 5.92 Å². The summed E-state index contributed by atoms with van der Waals surface area (Å²) in [5.74, 6) is -0.801. The van der Waals surface area contributed by atoms with E-state index in [1.165, 1.54) is 29.4 Å². The molecule has 0 unspecified atom stereocenters. The number of furan rings is 1. The summed E-state index contributed by atoms with van der Waals surface area (Å²) >= 11 is 2.57. The van der Waals surface area contributed by atoms with E-state index >= 15 is 0 Å². The van der Waals surface area contributed by atoms with E-state index in [-0.39, 0.29) is 17.6 Å². The molecule has 37 heavy (non-hydrogen) atoms. The molecule has 3 heterocycles. The first-order valence-electron chi connectivity index (χ1n) is 11.3. The van der Waals surface area contributed by atoms with E-state index in [0.717, 1.165) is 10.2 Å². The van der Waals surface area contributed by atoms with Crippen molar-refractivity contribution < 1.29 is 14.0 Å². The molecule has 0 radical (unpaired) electrons. The maximum atomic E-state index is 13.5. The maximum absolute atomic E-state index is 13.5. The Morgan fingerprint density at radius 1 is 1.11 bits per heavy atom. The molecule has 5 rings (SSSR count). The number of thiazole rings is 1. The van der Waals surface area contributed by atoms with E-state index in [1.807, 2.05) is 42.5 Å². The number of amides is 2. The molecule has 184 valence electrons. The van der Waals surface area contributed by atoms with Crippen molar-refractivity contribution in [3.8, 4) is 6.07 Å². The number of aromatic nitrogens is 1. The molecular weight excluding hydrogens is 506 g/mol. The number of rotatable bonds is 7. The van der Waals surface area contributed by atoms with Crippen molar-refractivity contribution in [3.05, 3.63) is 101 Å². The Bertz CT molecular complexity index is 1530. The van der Waals surface area contributed by atoms with Gasteiger partial charge in [0.25, 0.3) is 5.91 Å². The van der Waals surface area contributed by atoms with Crippen LogP contribution < -0.4 is 16.0 Å². The molecule has 1 atom stereocenters. The Labute approximate surface area is 221 Å². The Hall–Kier alpha value is -4.33. The van der Waals surface area contributed by atoms with E-state index in [0.29, 0.717) is 38.5 Å². The highest BCUT2D eigenvalue weighted by Gasteiger charge is 2.36. The van der Waals surface area contributed by atoms with Crippen LogP contribution in [-0.2, 0) is 9.59 Å². The number of thioether (sulfide) groups is 1. The number of nitrogens with zero attached hydrogens (tertiary/aromatic N) is 2. The number of fused-ring (bicyclic) bond motifs is 1. The van der Waals surface area contributed by atoms with Crippen LogP contribution in [0.15, 0.2) is 99.3 Å². The number of carbonyl (C=O) groups is 2. The highest BCUT2D eigenvalue weighted by molar-refractivity contribution is 8.03. The topological polar surface area (TPSA) is 120 Å². The second-order valence-corrected chi connectivity index (χ2v) is 10.1. The van der Waals surface area contributed by atoms with Crippen molar-refractivity contribution in [2.75, 3.05) is 16.4 Å². The Morgan fingerprint density at radius 2 is 1.89 bits per heavy atom. The van der Waals surface area contributed by atoms with Gasteiger partial charge in [-0.15, -0.1) is 0 Å². The maximum Gasteiger partial charge on any atom is 0.256 e. The average molecular weight is 528 g/mol. The van der Waals surface area contributed by atoms with Crippen molar-refractivity contribution in [1.82, 2.24) is 10.3 Å². The summed E-state index contributed by atoms with van der Waals surface area (Å²) in [6.07, 6.45) is 1.50. The smallest absolute Gasteiger partial charge is 0.256 e. The molecule has 4 aromatic rings. The van der Waals surface area contributed by atoms with E-state index in [1.54, 1.807) is 31.2 Å². The van der Waals surface area contributed by atoms with Crippen LogP contribution in [0, 0.1) is 11.3 Å². The molecule has 2 aromatic carbocycles. The number of dihydropyridines is 1. The minimum absolute atomic E-state index is 0.0772. The molecular formula is C27H21N5O3S2. The molecule has 8 nitrogen and oxygen atoms in total. The van der Waals surface area contributed by atoms with Crippen molar-refractivity contribution in [2.24, 2.45) is 0 Å². The monoisotopic (exact) mass is 527 g/mol. The fraction of sp³-hybridized carbons (Fsp3) is 0.111. The van der Waals surface area contributed by atoms with Gasteiger partial charge in [0, 0.05) is 11.4 Å². The van der Waals surface area contributed by atoms with Crippen LogP contribution in [-0.4, -0.2) is 22.6 Å². The lowest BCUT2D eigenvalue weighted by Gasteiger charge is -2.28. The van der Waals surface area contributed by atoms with Crippen LogP contribution in [0.5, 0.6) is 0 Å². The van der Waals surface area contributed by atoms with Gasteiger partial charge in [-0.2, -0.15) is 5.26 Å². The van der Waals surface area contributed by atoms with E-state index in [9.17, 15) is 14.9 Å². The molecule has 0 spiro atoms. The van der Waals surface area contributed by atoms with Gasteiger partial charge in [-0.05, 0) is 43.3 Å². The molecule has 0 bridgehead atoms. The van der Waals surface area contributed by atoms with Gasteiger partial charge < -0.3 is 15.1 Å². The number of anilines is 2. The summed E-state index contributed by atoms with van der Waals surface area (Å²) in [5.41, 5.74) is 2.70. The second kappa shape index (κ2) is 10.7. The normalized spacial score (nSPS) is 15.3. The van der Waals surface area contributed by atoms with Gasteiger partial charge >= 0.3 is 0 Å². The Kier molecular flexibility index (Phi) is 7.07. The molecule has 10 heteroatoms. The summed E-state index contributed by atoms with van der Waals surface area (Å²) in [6, 6.07) is 22.5. The summed E-state index contributed by atoms with van der Waals surface area (Å²) in [7, 11) is 0. The van der Waals surface area contributed by atoms with Gasteiger partial charge in [0.2, 0.25) is 5.91 Å². The molecule has 2 aromatic heterocycles. The first kappa shape index (κ1) is 24.4. The summed E-state index contributed by atoms with van der Waals surface area (Å²) < 4.78 is 6.61.